The maximum atomic E-state index is 11.7. The summed E-state index contributed by atoms with van der Waals surface area (Å²) in [6.07, 6.45) is 0.0515. The molecule has 6 nitrogen and oxygen atoms in total. The van der Waals surface area contributed by atoms with Gasteiger partial charge in [0, 0.05) is 10.7 Å². The minimum absolute atomic E-state index is 0.437. The molecule has 8 heteroatoms. The van der Waals surface area contributed by atoms with Gasteiger partial charge in [-0.15, -0.1) is 0 Å². The van der Waals surface area contributed by atoms with Crippen LogP contribution >= 0.6 is 15.9 Å². The van der Waals surface area contributed by atoms with Crippen LogP contribution in [0, 0.1) is 0 Å². The average molecular weight is 429 g/mol. The van der Waals surface area contributed by atoms with Crippen LogP contribution < -0.4 is 9.47 Å². The van der Waals surface area contributed by atoms with E-state index in [2.05, 4.69) is 20.7 Å². The van der Waals surface area contributed by atoms with Crippen LogP contribution in [0.2, 0.25) is 0 Å². The zero-order valence-corrected chi connectivity index (χ0v) is 16.0. The Hall–Kier alpha value is -2.06. The minimum atomic E-state index is -3.38. The Kier molecular flexibility index (Phi) is 6.44. The molecule has 0 saturated heterocycles. The van der Waals surface area contributed by atoms with Crippen LogP contribution in [0.1, 0.15) is 6.92 Å². The van der Waals surface area contributed by atoms with Gasteiger partial charge in [-0.3, -0.25) is 0 Å². The summed E-state index contributed by atoms with van der Waals surface area (Å²) in [5.74, 6) is 0.323. The van der Waals surface area contributed by atoms with Gasteiger partial charge in [0.05, 0.1) is 0 Å². The fourth-order valence-electron chi connectivity index (χ4n) is 1.76. The van der Waals surface area contributed by atoms with Crippen molar-refractivity contribution in [2.45, 2.75) is 13.0 Å². The molecule has 0 saturated carbocycles. The molecule has 0 aliphatic heterocycles. The lowest BCUT2D eigenvalue weighted by Gasteiger charge is -2.14. The van der Waals surface area contributed by atoms with E-state index in [-0.39, 0.29) is 0 Å². The molecule has 0 amide bonds. The summed E-state index contributed by atoms with van der Waals surface area (Å²) >= 11 is 3.35. The topological polar surface area (TPSA) is 78.9 Å². The Bertz CT molecular complexity index is 815. The molecule has 1 atom stereocenters. The predicted molar refractivity (Wildman–Crippen MR) is 96.6 cm³/mol. The van der Waals surface area contributed by atoms with E-state index in [1.54, 1.807) is 24.3 Å². The van der Waals surface area contributed by atoms with Crippen LogP contribution in [0.15, 0.2) is 53.0 Å². The third-order valence-corrected chi connectivity index (χ3v) is 4.01. The lowest BCUT2D eigenvalue weighted by atomic mass is 10.3. The van der Waals surface area contributed by atoms with Gasteiger partial charge in [0.15, 0.2) is 21.9 Å². The molecule has 2 aromatic carbocycles. The first-order valence-electron chi connectivity index (χ1n) is 7.27. The van der Waals surface area contributed by atoms with Gasteiger partial charge in [-0.25, -0.2) is 13.2 Å². The van der Waals surface area contributed by atoms with E-state index in [1.807, 2.05) is 24.3 Å². The van der Waals surface area contributed by atoms with E-state index >= 15 is 0 Å². The van der Waals surface area contributed by atoms with Crippen molar-refractivity contribution in [2.75, 3.05) is 12.2 Å². The van der Waals surface area contributed by atoms with Crippen molar-refractivity contribution in [3.05, 3.63) is 53.0 Å². The van der Waals surface area contributed by atoms with Gasteiger partial charge in [-0.1, -0.05) is 15.9 Å². The summed E-state index contributed by atoms with van der Waals surface area (Å²) in [5.41, 5.74) is 0. The Labute approximate surface area is 154 Å². The van der Waals surface area contributed by atoms with Gasteiger partial charge in [-0.05, 0) is 55.5 Å². The lowest BCUT2D eigenvalue weighted by Crippen LogP contribution is -2.27. The number of sulfone groups is 1. The van der Waals surface area contributed by atoms with Crippen molar-refractivity contribution in [3.8, 4) is 17.2 Å². The molecule has 0 fully saturated rings. The van der Waals surface area contributed by atoms with E-state index < -0.39 is 27.8 Å². The Morgan fingerprint density at radius 3 is 2.00 bits per heavy atom. The molecule has 0 radical (unpaired) electrons. The number of halogens is 1. The highest BCUT2D eigenvalue weighted by molar-refractivity contribution is 9.10. The molecule has 0 spiro atoms. The molecule has 0 bridgehead atoms. The first kappa shape index (κ1) is 19.3. The molecule has 0 aromatic heterocycles. The largest absolute Gasteiger partial charge is 0.479 e. The molecule has 0 aliphatic carbocycles. The number of hydrogen-bond acceptors (Lipinski definition) is 6. The Morgan fingerprint density at radius 2 is 1.48 bits per heavy atom. The lowest BCUT2D eigenvalue weighted by molar-refractivity contribution is -0.148. The van der Waals surface area contributed by atoms with Crippen LogP contribution in [-0.2, 0) is 19.4 Å². The van der Waals surface area contributed by atoms with Crippen LogP contribution in [-0.4, -0.2) is 32.7 Å². The number of esters is 1. The van der Waals surface area contributed by atoms with Crippen molar-refractivity contribution < 1.29 is 27.4 Å². The minimum Gasteiger partial charge on any atom is -0.479 e. The number of rotatable bonds is 7. The normalized spacial score (nSPS) is 12.3. The molecule has 2 rings (SSSR count). The number of ether oxygens (including phenoxy) is 3. The smallest absolute Gasteiger partial charge is 0.348 e. The van der Waals surface area contributed by atoms with E-state index in [0.29, 0.717) is 17.2 Å². The van der Waals surface area contributed by atoms with Gasteiger partial charge in [0.25, 0.3) is 0 Å². The molecule has 134 valence electrons. The number of carbonyl (C=O) groups excluding carboxylic acids is 1. The highest BCUT2D eigenvalue weighted by Gasteiger charge is 2.18. The van der Waals surface area contributed by atoms with Crippen molar-refractivity contribution in [3.63, 3.8) is 0 Å². The van der Waals surface area contributed by atoms with Crippen LogP contribution in [0.4, 0.5) is 0 Å². The summed E-state index contributed by atoms with van der Waals surface area (Å²) in [6, 6.07) is 14.1. The molecule has 2 aromatic rings. The SMILES string of the molecule is C[C@@H](Oc1ccc(Oc2ccc(Br)cc2)cc1)C(=O)OCS(C)(=O)=O. The molecule has 0 heterocycles. The van der Waals surface area contributed by atoms with Crippen molar-refractivity contribution in [1.29, 1.82) is 0 Å². The molecule has 25 heavy (non-hydrogen) atoms. The third kappa shape index (κ3) is 6.75. The van der Waals surface area contributed by atoms with Crippen molar-refractivity contribution >= 4 is 31.7 Å². The number of benzene rings is 2. The second-order valence-corrected chi connectivity index (χ2v) is 8.30. The number of hydrogen-bond donors (Lipinski definition) is 0. The summed E-state index contributed by atoms with van der Waals surface area (Å²) in [4.78, 5) is 11.7. The first-order chi connectivity index (χ1) is 11.7. The average Bonchev–Trinajstić information content (AvgIpc) is 2.56. The second kappa shape index (κ2) is 8.35. The highest BCUT2D eigenvalue weighted by Crippen LogP contribution is 2.25. The van der Waals surface area contributed by atoms with Crippen LogP contribution in [0.3, 0.4) is 0 Å². The zero-order chi connectivity index (χ0) is 18.4. The van der Waals surface area contributed by atoms with Crippen LogP contribution in [0.25, 0.3) is 0 Å². The number of carbonyl (C=O) groups is 1. The van der Waals surface area contributed by atoms with E-state index in [9.17, 15) is 13.2 Å². The zero-order valence-electron chi connectivity index (χ0n) is 13.6. The monoisotopic (exact) mass is 428 g/mol. The van der Waals surface area contributed by atoms with E-state index in [1.165, 1.54) is 6.92 Å². The fourth-order valence-corrected chi connectivity index (χ4v) is 2.35. The quantitative estimate of drug-likeness (QED) is 0.627. The summed E-state index contributed by atoms with van der Waals surface area (Å²) in [5, 5.41) is 0. The van der Waals surface area contributed by atoms with Gasteiger partial charge in [0.2, 0.25) is 0 Å². The van der Waals surface area contributed by atoms with Gasteiger partial charge >= 0.3 is 5.97 Å². The summed E-state index contributed by atoms with van der Waals surface area (Å²) in [6.45, 7) is 1.48. The van der Waals surface area contributed by atoms with Gasteiger partial charge in [-0.2, -0.15) is 0 Å². The highest BCUT2D eigenvalue weighted by atomic mass is 79.9. The Morgan fingerprint density at radius 1 is 1.00 bits per heavy atom. The summed E-state index contributed by atoms with van der Waals surface area (Å²) < 4.78 is 38.7. The standard InChI is InChI=1S/C17H17BrO6S/c1-12(17(19)22-11-25(2,20)21)23-14-7-9-16(10-8-14)24-15-5-3-13(18)4-6-15/h3-10,12H,11H2,1-2H3/t12-/m1/s1. The molecule has 0 unspecified atom stereocenters. The van der Waals surface area contributed by atoms with E-state index in [4.69, 9.17) is 9.47 Å². The molecular formula is C17H17BrO6S. The first-order valence-corrected chi connectivity index (χ1v) is 10.1. The fraction of sp³-hybridized carbons (Fsp3) is 0.235. The predicted octanol–water partition coefficient (Wildman–Crippen LogP) is 3.55. The van der Waals surface area contributed by atoms with E-state index in [0.717, 1.165) is 10.7 Å². The molecule has 0 aliphatic rings. The molecule has 0 N–H and O–H groups in total. The van der Waals surface area contributed by atoms with Crippen LogP contribution in [0.5, 0.6) is 17.2 Å². The maximum absolute atomic E-state index is 11.7. The molecular weight excluding hydrogens is 412 g/mol. The van der Waals surface area contributed by atoms with Crippen molar-refractivity contribution in [1.82, 2.24) is 0 Å². The van der Waals surface area contributed by atoms with Crippen molar-refractivity contribution in [2.24, 2.45) is 0 Å². The Balaban J connectivity index is 1.91. The van der Waals surface area contributed by atoms with Gasteiger partial charge < -0.3 is 14.2 Å². The maximum Gasteiger partial charge on any atom is 0.348 e. The van der Waals surface area contributed by atoms with Gasteiger partial charge in [0.1, 0.15) is 17.2 Å². The second-order valence-electron chi connectivity index (χ2n) is 5.29. The summed E-state index contributed by atoms with van der Waals surface area (Å²) in [7, 11) is -3.38. The third-order valence-electron chi connectivity index (χ3n) is 2.93.